The standard InChI is InChI=1S/C18H25NO3/c20-18(21)17-13-14-7-4-5-10-16(14)19(17)11-6-12-22-15-8-2-1-3-9-15/h1-3,8-9,14,16-17H,4-7,10-13H2,(H,20,21)/t14-,16-,17+/m1/s1. The maximum atomic E-state index is 11.5. The van der Waals surface area contributed by atoms with Crippen molar-refractivity contribution in [2.45, 2.75) is 50.6 Å². The number of benzene rings is 1. The highest BCUT2D eigenvalue weighted by atomic mass is 16.5. The molecule has 2 fully saturated rings. The Balaban J connectivity index is 1.51. The Hall–Kier alpha value is -1.55. The van der Waals surface area contributed by atoms with Crippen LogP contribution in [0.1, 0.15) is 38.5 Å². The molecule has 1 saturated heterocycles. The molecule has 0 bridgehead atoms. The van der Waals surface area contributed by atoms with Crippen LogP contribution in [0.2, 0.25) is 0 Å². The summed E-state index contributed by atoms with van der Waals surface area (Å²) in [4.78, 5) is 13.8. The minimum absolute atomic E-state index is 0.287. The third-order valence-corrected chi connectivity index (χ3v) is 5.08. The predicted octanol–water partition coefficient (Wildman–Crippen LogP) is 3.17. The normalized spacial score (nSPS) is 28.3. The molecule has 1 aromatic carbocycles. The first-order valence-corrected chi connectivity index (χ1v) is 8.42. The summed E-state index contributed by atoms with van der Waals surface area (Å²) in [7, 11) is 0. The second-order valence-corrected chi connectivity index (χ2v) is 6.45. The predicted molar refractivity (Wildman–Crippen MR) is 85.0 cm³/mol. The van der Waals surface area contributed by atoms with Crippen molar-refractivity contribution in [1.29, 1.82) is 0 Å². The lowest BCUT2D eigenvalue weighted by atomic mass is 9.85. The van der Waals surface area contributed by atoms with E-state index in [-0.39, 0.29) is 6.04 Å². The van der Waals surface area contributed by atoms with Crippen molar-refractivity contribution in [2.75, 3.05) is 13.2 Å². The Morgan fingerprint density at radius 1 is 1.23 bits per heavy atom. The summed E-state index contributed by atoms with van der Waals surface area (Å²) >= 11 is 0. The zero-order chi connectivity index (χ0) is 15.4. The monoisotopic (exact) mass is 303 g/mol. The van der Waals surface area contributed by atoms with Crippen LogP contribution in [0.15, 0.2) is 30.3 Å². The second-order valence-electron chi connectivity index (χ2n) is 6.45. The third-order valence-electron chi connectivity index (χ3n) is 5.08. The van der Waals surface area contributed by atoms with E-state index in [9.17, 15) is 9.90 Å². The fourth-order valence-corrected chi connectivity index (χ4v) is 4.07. The lowest BCUT2D eigenvalue weighted by Gasteiger charge is -2.32. The van der Waals surface area contributed by atoms with E-state index < -0.39 is 5.97 Å². The quantitative estimate of drug-likeness (QED) is 0.820. The Kier molecular flexibility index (Phi) is 4.98. The molecule has 0 spiro atoms. The highest BCUT2D eigenvalue weighted by molar-refractivity contribution is 5.74. The molecule has 0 unspecified atom stereocenters. The Morgan fingerprint density at radius 2 is 2.00 bits per heavy atom. The molecule has 22 heavy (non-hydrogen) atoms. The van der Waals surface area contributed by atoms with Crippen LogP contribution in [-0.4, -0.2) is 41.2 Å². The molecule has 1 heterocycles. The molecule has 3 rings (SSSR count). The molecular weight excluding hydrogens is 278 g/mol. The SMILES string of the molecule is O=C(O)[C@@H]1C[C@H]2CCCC[C@H]2N1CCCOc1ccccc1. The number of aliphatic carboxylic acids is 1. The van der Waals surface area contributed by atoms with Gasteiger partial charge >= 0.3 is 5.97 Å². The van der Waals surface area contributed by atoms with Gasteiger partial charge in [-0.1, -0.05) is 31.0 Å². The molecule has 1 aliphatic carbocycles. The molecule has 2 aliphatic rings. The van der Waals surface area contributed by atoms with Crippen molar-refractivity contribution >= 4 is 5.97 Å². The van der Waals surface area contributed by atoms with Crippen molar-refractivity contribution in [3.63, 3.8) is 0 Å². The van der Waals surface area contributed by atoms with E-state index >= 15 is 0 Å². The van der Waals surface area contributed by atoms with Crippen molar-refractivity contribution < 1.29 is 14.6 Å². The molecule has 4 nitrogen and oxygen atoms in total. The van der Waals surface area contributed by atoms with Crippen LogP contribution in [0.3, 0.4) is 0 Å². The van der Waals surface area contributed by atoms with Crippen LogP contribution >= 0.6 is 0 Å². The van der Waals surface area contributed by atoms with Gasteiger partial charge in [0.2, 0.25) is 0 Å². The fraction of sp³-hybridized carbons (Fsp3) is 0.611. The van der Waals surface area contributed by atoms with Crippen LogP contribution < -0.4 is 4.74 Å². The zero-order valence-electron chi connectivity index (χ0n) is 13.0. The van der Waals surface area contributed by atoms with E-state index in [1.807, 2.05) is 30.3 Å². The summed E-state index contributed by atoms with van der Waals surface area (Å²) in [6, 6.07) is 9.99. The Morgan fingerprint density at radius 3 is 2.77 bits per heavy atom. The summed E-state index contributed by atoms with van der Waals surface area (Å²) in [5.74, 6) is 0.817. The van der Waals surface area contributed by atoms with Gasteiger partial charge in [0.25, 0.3) is 0 Å². The number of ether oxygens (including phenoxy) is 1. The smallest absolute Gasteiger partial charge is 0.320 e. The van der Waals surface area contributed by atoms with Gasteiger partial charge in [0.05, 0.1) is 6.61 Å². The van der Waals surface area contributed by atoms with Gasteiger partial charge < -0.3 is 9.84 Å². The van der Waals surface area contributed by atoms with E-state index in [0.717, 1.165) is 31.6 Å². The molecule has 0 amide bonds. The van der Waals surface area contributed by atoms with Gasteiger partial charge in [0.1, 0.15) is 11.8 Å². The molecule has 1 saturated carbocycles. The van der Waals surface area contributed by atoms with E-state index in [4.69, 9.17) is 4.74 Å². The van der Waals surface area contributed by atoms with Crippen LogP contribution in [-0.2, 0) is 4.79 Å². The van der Waals surface area contributed by atoms with Crippen LogP contribution in [0, 0.1) is 5.92 Å². The summed E-state index contributed by atoms with van der Waals surface area (Å²) in [5, 5.41) is 9.49. The summed E-state index contributed by atoms with van der Waals surface area (Å²) in [6.07, 6.45) is 6.57. The lowest BCUT2D eigenvalue weighted by Crippen LogP contribution is -2.43. The number of rotatable bonds is 6. The molecule has 1 aromatic rings. The van der Waals surface area contributed by atoms with Crippen molar-refractivity contribution in [2.24, 2.45) is 5.92 Å². The van der Waals surface area contributed by atoms with Crippen LogP contribution in [0.4, 0.5) is 0 Å². The molecule has 120 valence electrons. The van der Waals surface area contributed by atoms with E-state index in [1.165, 1.54) is 19.3 Å². The first kappa shape index (κ1) is 15.3. The maximum absolute atomic E-state index is 11.5. The molecular formula is C18H25NO3. The van der Waals surface area contributed by atoms with Crippen molar-refractivity contribution in [3.8, 4) is 5.75 Å². The number of likely N-dealkylation sites (tertiary alicyclic amines) is 1. The van der Waals surface area contributed by atoms with Crippen molar-refractivity contribution in [3.05, 3.63) is 30.3 Å². The second kappa shape index (κ2) is 7.14. The van der Waals surface area contributed by atoms with E-state index in [0.29, 0.717) is 18.6 Å². The van der Waals surface area contributed by atoms with Crippen LogP contribution in [0.5, 0.6) is 5.75 Å². The summed E-state index contributed by atoms with van der Waals surface area (Å²) in [5.41, 5.74) is 0. The number of carbonyl (C=O) groups is 1. The number of carboxylic acid groups (broad SMARTS) is 1. The zero-order valence-corrected chi connectivity index (χ0v) is 13.0. The summed E-state index contributed by atoms with van der Waals surface area (Å²) in [6.45, 7) is 1.47. The summed E-state index contributed by atoms with van der Waals surface area (Å²) < 4.78 is 5.72. The molecule has 0 aromatic heterocycles. The number of para-hydroxylation sites is 1. The van der Waals surface area contributed by atoms with Gasteiger partial charge in [0.15, 0.2) is 0 Å². The average Bonchev–Trinajstić information content (AvgIpc) is 2.92. The molecule has 3 atom stereocenters. The van der Waals surface area contributed by atoms with E-state index in [2.05, 4.69) is 4.90 Å². The number of nitrogens with zero attached hydrogens (tertiary/aromatic N) is 1. The van der Waals surface area contributed by atoms with Gasteiger partial charge in [-0.2, -0.15) is 0 Å². The maximum Gasteiger partial charge on any atom is 0.320 e. The molecule has 1 aliphatic heterocycles. The fourth-order valence-electron chi connectivity index (χ4n) is 4.07. The van der Waals surface area contributed by atoms with Crippen LogP contribution in [0.25, 0.3) is 0 Å². The first-order chi connectivity index (χ1) is 10.8. The number of carboxylic acids is 1. The molecule has 0 radical (unpaired) electrons. The van der Waals surface area contributed by atoms with E-state index in [1.54, 1.807) is 0 Å². The highest BCUT2D eigenvalue weighted by Crippen LogP contribution is 2.39. The van der Waals surface area contributed by atoms with Gasteiger partial charge in [-0.25, -0.2) is 0 Å². The largest absolute Gasteiger partial charge is 0.494 e. The van der Waals surface area contributed by atoms with Gasteiger partial charge in [-0.15, -0.1) is 0 Å². The average molecular weight is 303 g/mol. The van der Waals surface area contributed by atoms with Gasteiger partial charge in [-0.05, 0) is 43.7 Å². The van der Waals surface area contributed by atoms with Crippen molar-refractivity contribution in [1.82, 2.24) is 4.90 Å². The Labute approximate surface area is 132 Å². The van der Waals surface area contributed by atoms with Gasteiger partial charge in [0, 0.05) is 12.6 Å². The lowest BCUT2D eigenvalue weighted by molar-refractivity contribution is -0.142. The molecule has 1 N–H and O–H groups in total. The molecule has 4 heteroatoms. The number of hydrogen-bond donors (Lipinski definition) is 1. The minimum atomic E-state index is -0.654. The number of hydrogen-bond acceptors (Lipinski definition) is 3. The first-order valence-electron chi connectivity index (χ1n) is 8.42. The van der Waals surface area contributed by atoms with Gasteiger partial charge in [-0.3, -0.25) is 9.69 Å². The topological polar surface area (TPSA) is 49.8 Å². The Bertz CT molecular complexity index is 490. The highest BCUT2D eigenvalue weighted by Gasteiger charge is 2.44. The third kappa shape index (κ3) is 3.43. The number of fused-ring (bicyclic) bond motifs is 1. The minimum Gasteiger partial charge on any atom is -0.494 e.